The van der Waals surface area contributed by atoms with Crippen LogP contribution in [0.5, 0.6) is 11.5 Å². The molecule has 2 aromatic heterocycles. The Morgan fingerprint density at radius 1 is 0.900 bits per heavy atom. The number of rotatable bonds is 5. The maximum Gasteiger partial charge on any atom is 0.279 e. The Labute approximate surface area is 174 Å². The molecule has 0 radical (unpaired) electrons. The average molecular weight is 403 g/mol. The van der Waals surface area contributed by atoms with Crippen LogP contribution in [-0.2, 0) is 5.41 Å². The Balaban J connectivity index is 1.52. The molecule has 0 saturated heterocycles. The first-order valence-corrected chi connectivity index (χ1v) is 9.65. The number of halogens is 1. The van der Waals surface area contributed by atoms with Gasteiger partial charge in [0, 0.05) is 11.5 Å². The van der Waals surface area contributed by atoms with Crippen LogP contribution < -0.4 is 4.74 Å². The molecule has 2 aromatic carbocycles. The number of benzene rings is 2. The van der Waals surface area contributed by atoms with E-state index < -0.39 is 5.82 Å². The molecular weight excluding hydrogens is 381 g/mol. The number of aryl methyl sites for hydroxylation is 2. The summed E-state index contributed by atoms with van der Waals surface area (Å²) in [4.78, 5) is 8.06. The fourth-order valence-electron chi connectivity index (χ4n) is 3.24. The average Bonchev–Trinajstić information content (AvgIpc) is 3.15. The molecule has 0 N–H and O–H groups in total. The fourth-order valence-corrected chi connectivity index (χ4v) is 3.24. The summed E-state index contributed by atoms with van der Waals surface area (Å²) < 4.78 is 25.2. The molecule has 4 aromatic rings. The predicted molar refractivity (Wildman–Crippen MR) is 112 cm³/mol. The second-order valence-corrected chi connectivity index (χ2v) is 7.77. The van der Waals surface area contributed by atoms with Crippen LogP contribution >= 0.6 is 0 Å². The fraction of sp³-hybridized carbons (Fsp3) is 0.208. The first-order chi connectivity index (χ1) is 14.3. The van der Waals surface area contributed by atoms with E-state index in [-0.39, 0.29) is 22.7 Å². The van der Waals surface area contributed by atoms with Crippen molar-refractivity contribution < 1.29 is 13.7 Å². The highest BCUT2D eigenvalue weighted by Gasteiger charge is 2.23. The third kappa shape index (κ3) is 3.94. The van der Waals surface area contributed by atoms with Gasteiger partial charge in [-0.3, -0.25) is 0 Å². The van der Waals surface area contributed by atoms with Crippen LogP contribution in [0, 0.1) is 19.7 Å². The van der Waals surface area contributed by atoms with E-state index in [9.17, 15) is 4.39 Å². The number of hydrogen-bond acceptors (Lipinski definition) is 5. The Morgan fingerprint density at radius 3 is 2.10 bits per heavy atom. The summed E-state index contributed by atoms with van der Waals surface area (Å²) in [5.41, 5.74) is 3.48. The Kier molecular flexibility index (Phi) is 5.08. The van der Waals surface area contributed by atoms with Gasteiger partial charge in [0.05, 0.1) is 6.20 Å². The lowest BCUT2D eigenvalue weighted by atomic mass is 9.78. The zero-order valence-corrected chi connectivity index (χ0v) is 17.3. The van der Waals surface area contributed by atoms with Crippen molar-refractivity contribution in [3.63, 3.8) is 0 Å². The molecule has 30 heavy (non-hydrogen) atoms. The molecule has 0 fully saturated rings. The normalized spacial score (nSPS) is 11.5. The van der Waals surface area contributed by atoms with Crippen LogP contribution in [0.15, 0.2) is 65.3 Å². The SMILES string of the molecule is Cc1ccc(C(C)(C)c2ccc(Oc3cnc(-c4nc(C)no4)c(F)c3)cc2)cc1. The zero-order chi connectivity index (χ0) is 21.3. The molecule has 0 unspecified atom stereocenters. The number of pyridine rings is 1. The molecule has 6 heteroatoms. The van der Waals surface area contributed by atoms with Crippen LogP contribution in [0.4, 0.5) is 4.39 Å². The first kappa shape index (κ1) is 19.8. The topological polar surface area (TPSA) is 61.0 Å². The quantitative estimate of drug-likeness (QED) is 0.409. The van der Waals surface area contributed by atoms with Gasteiger partial charge >= 0.3 is 0 Å². The molecule has 0 spiro atoms. The molecule has 4 rings (SSSR count). The predicted octanol–water partition coefficient (Wildman–Crippen LogP) is 6.01. The van der Waals surface area contributed by atoms with E-state index in [1.54, 1.807) is 6.92 Å². The first-order valence-electron chi connectivity index (χ1n) is 9.65. The lowest BCUT2D eigenvalue weighted by Crippen LogP contribution is -2.18. The van der Waals surface area contributed by atoms with Crippen molar-refractivity contribution in [2.45, 2.75) is 33.1 Å². The maximum atomic E-state index is 14.4. The van der Waals surface area contributed by atoms with E-state index in [1.165, 1.54) is 23.4 Å². The van der Waals surface area contributed by atoms with Gasteiger partial charge in [-0.15, -0.1) is 0 Å². The molecule has 0 atom stereocenters. The highest BCUT2D eigenvalue weighted by molar-refractivity contribution is 5.49. The van der Waals surface area contributed by atoms with Crippen LogP contribution in [0.3, 0.4) is 0 Å². The number of nitrogens with zero attached hydrogens (tertiary/aromatic N) is 3. The monoisotopic (exact) mass is 403 g/mol. The van der Waals surface area contributed by atoms with Crippen molar-refractivity contribution in [3.05, 3.63) is 89.1 Å². The number of aromatic nitrogens is 3. The lowest BCUT2D eigenvalue weighted by molar-refractivity contribution is 0.420. The largest absolute Gasteiger partial charge is 0.456 e. The van der Waals surface area contributed by atoms with Crippen LogP contribution in [0.2, 0.25) is 0 Å². The molecule has 2 heterocycles. The van der Waals surface area contributed by atoms with E-state index >= 15 is 0 Å². The second-order valence-electron chi connectivity index (χ2n) is 7.77. The van der Waals surface area contributed by atoms with E-state index in [1.807, 2.05) is 24.3 Å². The molecule has 152 valence electrons. The van der Waals surface area contributed by atoms with Gasteiger partial charge in [-0.05, 0) is 37.1 Å². The molecule has 5 nitrogen and oxygen atoms in total. The van der Waals surface area contributed by atoms with E-state index in [4.69, 9.17) is 9.26 Å². The van der Waals surface area contributed by atoms with E-state index in [0.717, 1.165) is 5.56 Å². The molecule has 0 aliphatic carbocycles. The second kappa shape index (κ2) is 7.71. The third-order valence-corrected chi connectivity index (χ3v) is 5.13. The van der Waals surface area contributed by atoms with E-state index in [2.05, 4.69) is 60.2 Å². The van der Waals surface area contributed by atoms with E-state index in [0.29, 0.717) is 11.6 Å². The minimum absolute atomic E-state index is 0.00172. The summed E-state index contributed by atoms with van der Waals surface area (Å²) in [7, 11) is 0. The summed E-state index contributed by atoms with van der Waals surface area (Å²) >= 11 is 0. The standard InChI is InChI=1S/C24H22FN3O2/c1-15-5-7-17(8-6-15)24(3,4)18-9-11-19(12-10-18)29-20-13-21(25)22(26-14-20)23-27-16(2)28-30-23/h5-14H,1-4H3. The Morgan fingerprint density at radius 2 is 1.53 bits per heavy atom. The van der Waals surface area contributed by atoms with Crippen molar-refractivity contribution in [2.75, 3.05) is 0 Å². The number of ether oxygens (including phenoxy) is 1. The molecule has 0 aliphatic rings. The van der Waals surface area contributed by atoms with Gasteiger partial charge in [0.1, 0.15) is 11.5 Å². The smallest absolute Gasteiger partial charge is 0.279 e. The van der Waals surface area contributed by atoms with Gasteiger partial charge in [0.2, 0.25) is 0 Å². The third-order valence-electron chi connectivity index (χ3n) is 5.13. The summed E-state index contributed by atoms with van der Waals surface area (Å²) in [6.07, 6.45) is 1.43. The van der Waals surface area contributed by atoms with Crippen molar-refractivity contribution >= 4 is 0 Å². The molecule has 0 bridgehead atoms. The van der Waals surface area contributed by atoms with Crippen LogP contribution in [0.25, 0.3) is 11.6 Å². The van der Waals surface area contributed by atoms with Crippen molar-refractivity contribution in [1.29, 1.82) is 0 Å². The lowest BCUT2D eigenvalue weighted by Gasteiger charge is -2.26. The van der Waals surface area contributed by atoms with Gasteiger partial charge in [0.15, 0.2) is 17.3 Å². The Hall–Kier alpha value is -3.54. The van der Waals surface area contributed by atoms with Crippen LogP contribution in [-0.4, -0.2) is 15.1 Å². The molecule has 0 amide bonds. The summed E-state index contributed by atoms with van der Waals surface area (Å²) in [5.74, 6) is 0.756. The Bertz CT molecular complexity index is 1170. The van der Waals surface area contributed by atoms with Gasteiger partial charge in [-0.2, -0.15) is 4.98 Å². The maximum absolute atomic E-state index is 14.4. The van der Waals surface area contributed by atoms with Crippen molar-refractivity contribution in [2.24, 2.45) is 0 Å². The van der Waals surface area contributed by atoms with Gasteiger partial charge in [-0.1, -0.05) is 61.0 Å². The van der Waals surface area contributed by atoms with Gasteiger partial charge in [-0.25, -0.2) is 9.37 Å². The molecular formula is C24H22FN3O2. The zero-order valence-electron chi connectivity index (χ0n) is 17.3. The molecule has 0 aliphatic heterocycles. The summed E-state index contributed by atoms with van der Waals surface area (Å²) in [6, 6.07) is 17.6. The minimum atomic E-state index is -0.590. The molecule has 0 saturated carbocycles. The summed E-state index contributed by atoms with van der Waals surface area (Å²) in [5, 5.41) is 3.65. The van der Waals surface area contributed by atoms with Gasteiger partial charge < -0.3 is 9.26 Å². The van der Waals surface area contributed by atoms with Crippen LogP contribution in [0.1, 0.15) is 36.4 Å². The summed E-state index contributed by atoms with van der Waals surface area (Å²) in [6.45, 7) is 8.11. The van der Waals surface area contributed by atoms with Crippen molar-refractivity contribution in [3.8, 4) is 23.1 Å². The highest BCUT2D eigenvalue weighted by atomic mass is 19.1. The minimum Gasteiger partial charge on any atom is -0.456 e. The van der Waals surface area contributed by atoms with Crippen molar-refractivity contribution in [1.82, 2.24) is 15.1 Å². The number of hydrogen-bond donors (Lipinski definition) is 0. The highest BCUT2D eigenvalue weighted by Crippen LogP contribution is 2.33. The van der Waals surface area contributed by atoms with Gasteiger partial charge in [0.25, 0.3) is 5.89 Å².